The number of hydrogen-bond acceptors (Lipinski definition) is 9. The predicted molar refractivity (Wildman–Crippen MR) is 145 cm³/mol. The van der Waals surface area contributed by atoms with Gasteiger partial charge in [-0.25, -0.2) is 19.0 Å². The van der Waals surface area contributed by atoms with E-state index >= 15 is 0 Å². The number of ether oxygens (including phenoxy) is 1. The van der Waals surface area contributed by atoms with Crippen LogP contribution >= 0.6 is 0 Å². The first-order chi connectivity index (χ1) is 18.2. The summed E-state index contributed by atoms with van der Waals surface area (Å²) in [6.45, 7) is 5.88. The quantitative estimate of drug-likeness (QED) is 0.385. The largest absolute Gasteiger partial charge is 0.372 e. The highest BCUT2D eigenvalue weighted by Gasteiger charge is 2.23. The van der Waals surface area contributed by atoms with Crippen LogP contribution in [-0.4, -0.2) is 61.6 Å². The molecule has 10 nitrogen and oxygen atoms in total. The number of hydrogen-bond donors (Lipinski definition) is 2. The maximum atomic E-state index is 12.6. The summed E-state index contributed by atoms with van der Waals surface area (Å²) in [5, 5.41) is 3.68. The highest BCUT2D eigenvalue weighted by Crippen LogP contribution is 2.24. The Balaban J connectivity index is 1.34. The van der Waals surface area contributed by atoms with Gasteiger partial charge in [-0.2, -0.15) is 0 Å². The second-order valence-corrected chi connectivity index (χ2v) is 11.7. The highest BCUT2D eigenvalue weighted by atomic mass is 32.2. The van der Waals surface area contributed by atoms with Crippen LogP contribution in [0, 0.1) is 4.78 Å². The summed E-state index contributed by atoms with van der Waals surface area (Å²) >= 11 is 0. The molecule has 0 aliphatic carbocycles. The van der Waals surface area contributed by atoms with Gasteiger partial charge >= 0.3 is 0 Å². The average Bonchev–Trinajstić information content (AvgIpc) is 2.90. The van der Waals surface area contributed by atoms with Gasteiger partial charge in [0.15, 0.2) is 0 Å². The number of carbonyl (C=O) groups is 1. The summed E-state index contributed by atoms with van der Waals surface area (Å²) in [5.41, 5.74) is 3.14. The zero-order valence-electron chi connectivity index (χ0n) is 21.4. The third-order valence-corrected chi connectivity index (χ3v) is 7.35. The molecule has 0 radical (unpaired) electrons. The van der Waals surface area contributed by atoms with Crippen molar-refractivity contribution in [3.8, 4) is 11.4 Å². The van der Waals surface area contributed by atoms with Gasteiger partial charge in [0, 0.05) is 43.3 Å². The number of nitrogens with one attached hydrogen (secondary N) is 2. The normalized spacial score (nSPS) is 19.2. The number of anilines is 1. The first-order valence-corrected chi connectivity index (χ1v) is 14.2. The topological polar surface area (TPSA) is 134 Å². The summed E-state index contributed by atoms with van der Waals surface area (Å²) < 4.78 is 25.6. The molecule has 196 valence electrons. The van der Waals surface area contributed by atoms with Crippen molar-refractivity contribution in [2.24, 2.45) is 0 Å². The van der Waals surface area contributed by atoms with Gasteiger partial charge in [-0.1, -0.05) is 6.07 Å². The van der Waals surface area contributed by atoms with Gasteiger partial charge in [-0.05, 0) is 50.2 Å². The van der Waals surface area contributed by atoms with E-state index in [2.05, 4.69) is 34.0 Å². The van der Waals surface area contributed by atoms with Gasteiger partial charge in [0.05, 0.1) is 61.5 Å². The van der Waals surface area contributed by atoms with Crippen LogP contribution in [0.2, 0.25) is 0 Å². The fourth-order valence-electron chi connectivity index (χ4n) is 4.43. The van der Waals surface area contributed by atoms with Crippen molar-refractivity contribution in [1.82, 2.24) is 25.3 Å². The molecular formula is C27H29N7O3S. The summed E-state index contributed by atoms with van der Waals surface area (Å²) in [7, 11) is -2.97. The number of rotatable bonds is 6. The van der Waals surface area contributed by atoms with Crippen LogP contribution in [0.1, 0.15) is 29.9 Å². The molecule has 1 saturated heterocycles. The molecule has 38 heavy (non-hydrogen) atoms. The van der Waals surface area contributed by atoms with E-state index in [-0.39, 0.29) is 35.1 Å². The molecule has 11 heteroatoms. The highest BCUT2D eigenvalue weighted by molar-refractivity contribution is 7.91. The van der Waals surface area contributed by atoms with E-state index in [1.165, 1.54) is 24.7 Å². The van der Waals surface area contributed by atoms with Crippen molar-refractivity contribution < 1.29 is 13.7 Å². The van der Waals surface area contributed by atoms with Crippen molar-refractivity contribution in [3.63, 3.8) is 0 Å². The van der Waals surface area contributed by atoms with Crippen molar-refractivity contribution in [2.45, 2.75) is 37.5 Å². The Bertz CT molecular complexity index is 1600. The molecule has 1 aliphatic heterocycles. The SMILES string of the molecule is C[C@@H]1CN(c2cccc(-c3ccc4cnc(CNC(=O)c5cncc(S(C)(=N)=O)c5)cc4n3)n2)C[C@H](C)O1. The standard InChI is InChI=1S/C27H29N7O3S/c1-17-15-34(16-18(2)37-17)26-6-4-5-23(33-26)24-8-7-19-12-30-21(10-25(19)32-24)13-31-27(35)20-9-22(14-29-11-20)38(3,28)36/h4-12,14,17-18,28H,13,15-16H2,1-3H3,(H,31,35)/t17-,18+,38?. The van der Waals surface area contributed by atoms with Gasteiger partial charge in [-0.15, -0.1) is 0 Å². The van der Waals surface area contributed by atoms with E-state index in [4.69, 9.17) is 19.5 Å². The number of carbonyl (C=O) groups excluding carboxylic acids is 1. The van der Waals surface area contributed by atoms with E-state index in [1.807, 2.05) is 36.4 Å². The van der Waals surface area contributed by atoms with Gasteiger partial charge in [-0.3, -0.25) is 14.8 Å². The third-order valence-electron chi connectivity index (χ3n) is 6.23. The van der Waals surface area contributed by atoms with Crippen molar-refractivity contribution in [2.75, 3.05) is 24.2 Å². The number of aromatic nitrogens is 4. The minimum absolute atomic E-state index is 0.139. The zero-order chi connectivity index (χ0) is 26.9. The predicted octanol–water partition coefficient (Wildman–Crippen LogP) is 3.67. The molecule has 0 bridgehead atoms. The molecule has 3 atom stereocenters. The molecule has 5 rings (SSSR count). The summed E-state index contributed by atoms with van der Waals surface area (Å²) in [4.78, 5) is 33.2. The molecule has 1 aliphatic rings. The number of morpholine rings is 1. The Morgan fingerprint density at radius 1 is 1.08 bits per heavy atom. The number of nitrogens with zero attached hydrogens (tertiary/aromatic N) is 5. The Kier molecular flexibility index (Phi) is 7.04. The Morgan fingerprint density at radius 2 is 1.84 bits per heavy atom. The molecule has 1 fully saturated rings. The Labute approximate surface area is 221 Å². The van der Waals surface area contributed by atoms with Gasteiger partial charge in [0.2, 0.25) is 0 Å². The van der Waals surface area contributed by atoms with Gasteiger partial charge in [0.25, 0.3) is 5.91 Å². The molecule has 4 aromatic heterocycles. The maximum Gasteiger partial charge on any atom is 0.253 e. The lowest BCUT2D eigenvalue weighted by Crippen LogP contribution is -2.45. The first kappa shape index (κ1) is 25.7. The van der Waals surface area contributed by atoms with E-state index < -0.39 is 9.73 Å². The van der Waals surface area contributed by atoms with Crippen molar-refractivity contribution in [1.29, 1.82) is 4.78 Å². The van der Waals surface area contributed by atoms with E-state index in [1.54, 1.807) is 6.20 Å². The zero-order valence-corrected chi connectivity index (χ0v) is 22.2. The molecule has 0 aromatic carbocycles. The smallest absolute Gasteiger partial charge is 0.253 e. The minimum atomic E-state index is -2.97. The number of fused-ring (bicyclic) bond motifs is 1. The summed E-state index contributed by atoms with van der Waals surface area (Å²) in [6, 6.07) is 13.1. The van der Waals surface area contributed by atoms with Gasteiger partial charge < -0.3 is 15.0 Å². The molecular weight excluding hydrogens is 502 g/mol. The van der Waals surface area contributed by atoms with Crippen LogP contribution < -0.4 is 10.2 Å². The van der Waals surface area contributed by atoms with Crippen molar-refractivity contribution >= 4 is 32.4 Å². The molecule has 2 N–H and O–H groups in total. The second kappa shape index (κ2) is 10.4. The van der Waals surface area contributed by atoms with Crippen LogP contribution in [0.25, 0.3) is 22.3 Å². The lowest BCUT2D eigenvalue weighted by molar-refractivity contribution is -0.00545. The fourth-order valence-corrected chi connectivity index (χ4v) is 5.05. The van der Waals surface area contributed by atoms with Crippen LogP contribution in [0.3, 0.4) is 0 Å². The Morgan fingerprint density at radius 3 is 2.61 bits per heavy atom. The minimum Gasteiger partial charge on any atom is -0.372 e. The van der Waals surface area contributed by atoms with Crippen molar-refractivity contribution in [3.05, 3.63) is 72.3 Å². The Hall–Kier alpha value is -3.96. The number of pyridine rings is 4. The molecule has 1 amide bonds. The molecule has 0 spiro atoms. The third kappa shape index (κ3) is 5.79. The first-order valence-electron chi connectivity index (χ1n) is 12.3. The van der Waals surface area contributed by atoms with E-state index in [0.717, 1.165) is 41.2 Å². The lowest BCUT2D eigenvalue weighted by Gasteiger charge is -2.36. The lowest BCUT2D eigenvalue weighted by atomic mass is 10.1. The van der Waals surface area contributed by atoms with Crippen LogP contribution in [0.15, 0.2) is 66.0 Å². The molecule has 1 unspecified atom stereocenters. The van der Waals surface area contributed by atoms with Gasteiger partial charge in [0.1, 0.15) is 5.82 Å². The monoisotopic (exact) mass is 531 g/mol. The summed E-state index contributed by atoms with van der Waals surface area (Å²) in [5.74, 6) is 0.506. The van der Waals surface area contributed by atoms with E-state index in [9.17, 15) is 9.00 Å². The number of amides is 1. The van der Waals surface area contributed by atoms with E-state index in [0.29, 0.717) is 5.69 Å². The van der Waals surface area contributed by atoms with Crippen LogP contribution in [0.5, 0.6) is 0 Å². The average molecular weight is 532 g/mol. The maximum absolute atomic E-state index is 12.6. The molecule has 0 saturated carbocycles. The second-order valence-electron chi connectivity index (χ2n) is 9.54. The van der Waals surface area contributed by atoms with Crippen LogP contribution in [-0.2, 0) is 21.0 Å². The summed E-state index contributed by atoms with van der Waals surface area (Å²) in [6.07, 6.45) is 6.02. The molecule has 4 aromatic rings. The van der Waals surface area contributed by atoms with Crippen LogP contribution in [0.4, 0.5) is 5.82 Å². The molecule has 5 heterocycles. The fraction of sp³-hybridized carbons (Fsp3) is 0.296.